The number of fused-ring (bicyclic) bond motifs is 3. The Hall–Kier alpha value is -2.68. The molecule has 6 rings (SSSR count). The fourth-order valence-electron chi connectivity index (χ4n) is 6.77. The number of ether oxygens (including phenoxy) is 1. The number of hydrogen-bond acceptors (Lipinski definition) is 4. The number of carbonyl (C=O) groups excluding carboxylic acids is 2. The highest BCUT2D eigenvalue weighted by Crippen LogP contribution is 2.46. The van der Waals surface area contributed by atoms with Gasteiger partial charge in [-0.25, -0.2) is 4.98 Å². The second-order valence-corrected chi connectivity index (χ2v) is 11.2. The van der Waals surface area contributed by atoms with Crippen LogP contribution in [-0.4, -0.2) is 53.6 Å². The summed E-state index contributed by atoms with van der Waals surface area (Å²) in [5.74, 6) is -0.309. The van der Waals surface area contributed by atoms with Gasteiger partial charge in [0.1, 0.15) is 18.1 Å². The molecule has 3 aliphatic heterocycles. The van der Waals surface area contributed by atoms with E-state index in [-0.39, 0.29) is 36.3 Å². The number of nitrogens with one attached hydrogen (secondary N) is 1. The van der Waals surface area contributed by atoms with Crippen LogP contribution in [0.4, 0.5) is 19.0 Å². The minimum atomic E-state index is -4.58. The summed E-state index contributed by atoms with van der Waals surface area (Å²) in [6.45, 7) is 2.27. The van der Waals surface area contributed by atoms with Gasteiger partial charge in [0.15, 0.2) is 12.6 Å². The van der Waals surface area contributed by atoms with E-state index in [1.807, 2.05) is 6.08 Å². The average Bonchev–Trinajstić information content (AvgIpc) is 3.29. The van der Waals surface area contributed by atoms with Crippen molar-refractivity contribution in [1.82, 2.24) is 4.98 Å². The van der Waals surface area contributed by atoms with Crippen LogP contribution < -0.4 is 5.32 Å². The molecule has 0 unspecified atom stereocenters. The maximum absolute atomic E-state index is 13.8. The van der Waals surface area contributed by atoms with Gasteiger partial charge in [0, 0.05) is 18.8 Å². The summed E-state index contributed by atoms with van der Waals surface area (Å²) in [7, 11) is 0. The van der Waals surface area contributed by atoms with Crippen molar-refractivity contribution in [2.24, 2.45) is 11.3 Å². The number of halogens is 3. The maximum Gasteiger partial charge on any atom is 0.433 e. The molecule has 2 bridgehead atoms. The molecule has 4 heterocycles. The van der Waals surface area contributed by atoms with Gasteiger partial charge in [-0.05, 0) is 37.0 Å². The van der Waals surface area contributed by atoms with Crippen molar-refractivity contribution in [2.45, 2.75) is 70.1 Å². The summed E-state index contributed by atoms with van der Waals surface area (Å²) >= 11 is 0. The lowest BCUT2D eigenvalue weighted by Crippen LogP contribution is -2.66. The molecule has 200 valence electrons. The highest BCUT2D eigenvalue weighted by molar-refractivity contribution is 5.90. The molecule has 5 aliphatic rings. The molecule has 1 N–H and O–H groups in total. The molecule has 0 aromatic carbocycles. The summed E-state index contributed by atoms with van der Waals surface area (Å²) < 4.78 is 45.8. The highest BCUT2D eigenvalue weighted by atomic mass is 19.4. The lowest BCUT2D eigenvalue weighted by Gasteiger charge is -2.52. The van der Waals surface area contributed by atoms with Crippen molar-refractivity contribution >= 4 is 17.7 Å². The highest BCUT2D eigenvalue weighted by Gasteiger charge is 2.51. The van der Waals surface area contributed by atoms with Crippen LogP contribution in [0, 0.1) is 11.3 Å². The number of nitrogens with zero attached hydrogens (tertiary/aromatic N) is 2. The van der Waals surface area contributed by atoms with E-state index in [1.165, 1.54) is 12.1 Å². The smallest absolute Gasteiger partial charge is 0.433 e. The number of amides is 1. The van der Waals surface area contributed by atoms with Gasteiger partial charge >= 0.3 is 12.1 Å². The van der Waals surface area contributed by atoms with Gasteiger partial charge in [-0.2, -0.15) is 13.2 Å². The van der Waals surface area contributed by atoms with Crippen LogP contribution in [0.5, 0.6) is 0 Å². The van der Waals surface area contributed by atoms with Crippen molar-refractivity contribution in [2.75, 3.05) is 31.5 Å². The Kier molecular flexibility index (Phi) is 7.18. The average molecular weight is 519 g/mol. The van der Waals surface area contributed by atoms with Gasteiger partial charge in [-0.15, -0.1) is 0 Å². The van der Waals surface area contributed by atoms with Crippen molar-refractivity contribution in [1.29, 1.82) is 0 Å². The molecule has 1 amide bonds. The number of rotatable bonds is 6. The molecule has 37 heavy (non-hydrogen) atoms. The van der Waals surface area contributed by atoms with E-state index in [1.54, 1.807) is 0 Å². The molecule has 4 fully saturated rings. The van der Waals surface area contributed by atoms with E-state index in [9.17, 15) is 22.8 Å². The minimum Gasteiger partial charge on any atom is -0.455 e. The van der Waals surface area contributed by atoms with Gasteiger partial charge in [0.25, 0.3) is 5.91 Å². The quantitative estimate of drug-likeness (QED) is 0.310. The number of quaternary nitrogens is 1. The topological polar surface area (TPSA) is 68.3 Å². The third kappa shape index (κ3) is 5.47. The Morgan fingerprint density at radius 1 is 1.11 bits per heavy atom. The zero-order chi connectivity index (χ0) is 26.1. The van der Waals surface area contributed by atoms with Crippen molar-refractivity contribution in [3.8, 4) is 0 Å². The number of anilines is 1. The van der Waals surface area contributed by atoms with Crippen LogP contribution in [-0.2, 0) is 20.5 Å². The Balaban J connectivity index is 1.26. The fraction of sp³-hybridized carbons (Fsp3) is 0.607. The van der Waals surface area contributed by atoms with E-state index in [2.05, 4.69) is 22.5 Å². The molecule has 1 saturated carbocycles. The fourth-order valence-corrected chi connectivity index (χ4v) is 6.77. The molecule has 2 aliphatic carbocycles. The number of hydrogen-bond donors (Lipinski definition) is 1. The summed E-state index contributed by atoms with van der Waals surface area (Å²) in [4.78, 5) is 30.3. The van der Waals surface area contributed by atoms with E-state index < -0.39 is 17.3 Å². The first kappa shape index (κ1) is 25.9. The number of allylic oxidation sites excluding steroid dienone is 3. The SMILES string of the molecule is O=C(C[N+]12CCC(CC1)[C@@H](OC(=O)C1(C3=CC=CC3)CCCCCC1)C2)Nc1cccc(C(F)(F)F)n1. The summed E-state index contributed by atoms with van der Waals surface area (Å²) in [6.07, 6.45) is 9.88. The van der Waals surface area contributed by atoms with Crippen molar-refractivity contribution in [3.05, 3.63) is 47.7 Å². The van der Waals surface area contributed by atoms with Gasteiger partial charge in [-0.3, -0.25) is 9.59 Å². The van der Waals surface area contributed by atoms with Crippen LogP contribution in [0.15, 0.2) is 42.0 Å². The minimum absolute atomic E-state index is 0.110. The number of carbonyl (C=O) groups is 2. The van der Waals surface area contributed by atoms with E-state index in [4.69, 9.17) is 4.74 Å². The standard InChI is InChI=1S/C28H34F3N3O3/c29-28(30,31)23-10-7-11-24(32-23)33-25(35)19-34-16-12-20(13-17-34)22(18-34)37-26(36)27(21-8-3-4-9-21)14-5-1-2-6-15-27/h3-4,7-8,10-11,20,22H,1-2,5-6,9,12-19H2/p+1/t20?,22-,34?/m0/s1. The van der Waals surface area contributed by atoms with Gasteiger partial charge in [0.2, 0.25) is 0 Å². The van der Waals surface area contributed by atoms with E-state index in [0.29, 0.717) is 11.0 Å². The van der Waals surface area contributed by atoms with Gasteiger partial charge < -0.3 is 14.5 Å². The predicted octanol–water partition coefficient (Wildman–Crippen LogP) is 5.42. The number of esters is 1. The predicted molar refractivity (Wildman–Crippen MR) is 132 cm³/mol. The first-order valence-corrected chi connectivity index (χ1v) is 13.5. The normalized spacial score (nSPS) is 28.9. The number of piperidine rings is 3. The van der Waals surface area contributed by atoms with E-state index in [0.717, 1.165) is 82.5 Å². The van der Waals surface area contributed by atoms with Gasteiger partial charge in [-0.1, -0.05) is 50.0 Å². The molecule has 1 aromatic heterocycles. The van der Waals surface area contributed by atoms with Crippen LogP contribution in [0.3, 0.4) is 0 Å². The zero-order valence-corrected chi connectivity index (χ0v) is 21.1. The molecule has 1 aromatic rings. The summed E-state index contributed by atoms with van der Waals surface area (Å²) in [6, 6.07) is 3.47. The van der Waals surface area contributed by atoms with Crippen molar-refractivity contribution < 1.29 is 32.0 Å². The Morgan fingerprint density at radius 2 is 1.84 bits per heavy atom. The van der Waals surface area contributed by atoms with Crippen LogP contribution in [0.25, 0.3) is 0 Å². The van der Waals surface area contributed by atoms with Crippen LogP contribution >= 0.6 is 0 Å². The first-order chi connectivity index (χ1) is 17.7. The molecular formula is C28H35F3N3O3+. The third-order valence-corrected chi connectivity index (χ3v) is 8.82. The van der Waals surface area contributed by atoms with Crippen LogP contribution in [0.1, 0.15) is 63.5 Å². The summed E-state index contributed by atoms with van der Waals surface area (Å²) in [5.41, 5.74) is -0.427. The molecule has 6 nitrogen and oxygen atoms in total. The molecular weight excluding hydrogens is 483 g/mol. The second-order valence-electron chi connectivity index (χ2n) is 11.2. The zero-order valence-electron chi connectivity index (χ0n) is 21.1. The molecule has 0 spiro atoms. The molecule has 9 heteroatoms. The maximum atomic E-state index is 13.8. The molecule has 3 saturated heterocycles. The Labute approximate surface area is 215 Å². The summed E-state index contributed by atoms with van der Waals surface area (Å²) in [5, 5.41) is 2.55. The third-order valence-electron chi connectivity index (χ3n) is 8.82. The number of pyridine rings is 1. The van der Waals surface area contributed by atoms with Crippen LogP contribution in [0.2, 0.25) is 0 Å². The second kappa shape index (κ2) is 10.2. The first-order valence-electron chi connectivity index (χ1n) is 13.5. The Bertz CT molecular complexity index is 1080. The van der Waals surface area contributed by atoms with E-state index >= 15 is 0 Å². The van der Waals surface area contributed by atoms with Crippen molar-refractivity contribution in [3.63, 3.8) is 0 Å². The van der Waals surface area contributed by atoms with Gasteiger partial charge in [0.05, 0.1) is 18.5 Å². The Morgan fingerprint density at radius 3 is 2.49 bits per heavy atom. The number of aromatic nitrogens is 1. The molecule has 1 atom stereocenters. The lowest BCUT2D eigenvalue weighted by molar-refractivity contribution is -0.939. The number of alkyl halides is 3. The lowest BCUT2D eigenvalue weighted by atomic mass is 9.73. The molecule has 0 radical (unpaired) electrons. The monoisotopic (exact) mass is 518 g/mol. The largest absolute Gasteiger partial charge is 0.455 e.